The molecule has 19 heavy (non-hydrogen) atoms. The minimum absolute atomic E-state index is 0.0491. The van der Waals surface area contributed by atoms with Gasteiger partial charge in [-0.15, -0.1) is 0 Å². The van der Waals surface area contributed by atoms with Crippen molar-refractivity contribution in [1.29, 1.82) is 0 Å². The molecule has 2 rings (SSSR count). The normalized spacial score (nSPS) is 20.4. The van der Waals surface area contributed by atoms with Crippen LogP contribution in [0.25, 0.3) is 0 Å². The van der Waals surface area contributed by atoms with Gasteiger partial charge in [-0.3, -0.25) is 0 Å². The van der Waals surface area contributed by atoms with Crippen LogP contribution < -0.4 is 5.73 Å². The number of anilines is 1. The molecule has 0 amide bonds. The molecule has 1 aliphatic rings. The fourth-order valence-electron chi connectivity index (χ4n) is 2.11. The van der Waals surface area contributed by atoms with Gasteiger partial charge in [0.05, 0.1) is 0 Å². The first-order valence-corrected chi connectivity index (χ1v) is 8.37. The molecular formula is C12H18BrN3O2S. The third-order valence-electron chi connectivity index (χ3n) is 3.54. The van der Waals surface area contributed by atoms with Gasteiger partial charge >= 0.3 is 0 Å². The Morgan fingerprint density at radius 1 is 1.37 bits per heavy atom. The molecule has 0 saturated carbocycles. The Morgan fingerprint density at radius 2 is 1.95 bits per heavy atom. The number of sulfonamides is 1. The molecule has 0 radical (unpaired) electrons. The highest BCUT2D eigenvalue weighted by Crippen LogP contribution is 2.33. The molecular weight excluding hydrogens is 330 g/mol. The lowest BCUT2D eigenvalue weighted by atomic mass is 9.83. The van der Waals surface area contributed by atoms with Crippen LogP contribution in [-0.2, 0) is 10.0 Å². The molecule has 2 N–H and O–H groups in total. The van der Waals surface area contributed by atoms with Crippen LogP contribution in [0, 0.1) is 5.41 Å². The average molecular weight is 348 g/mol. The van der Waals surface area contributed by atoms with Crippen molar-refractivity contribution in [2.45, 2.75) is 31.6 Å². The van der Waals surface area contributed by atoms with Gasteiger partial charge in [0.25, 0.3) is 0 Å². The van der Waals surface area contributed by atoms with Gasteiger partial charge in [-0.2, -0.15) is 4.31 Å². The summed E-state index contributed by atoms with van der Waals surface area (Å²) in [6.07, 6.45) is 3.20. The van der Waals surface area contributed by atoms with Gasteiger partial charge in [-0.25, -0.2) is 13.4 Å². The van der Waals surface area contributed by atoms with Gasteiger partial charge in [-0.05, 0) is 40.3 Å². The lowest BCUT2D eigenvalue weighted by molar-refractivity contribution is 0.196. The number of nitrogens with zero attached hydrogens (tertiary/aromatic N) is 2. The number of nitrogens with two attached hydrogens (primary N) is 1. The van der Waals surface area contributed by atoms with Crippen molar-refractivity contribution >= 4 is 31.8 Å². The summed E-state index contributed by atoms with van der Waals surface area (Å²) in [6.45, 7) is 5.38. The Bertz CT molecular complexity index is 577. The molecule has 1 fully saturated rings. The minimum atomic E-state index is -3.55. The number of rotatable bonds is 2. The molecule has 106 valence electrons. The first kappa shape index (κ1) is 14.7. The van der Waals surface area contributed by atoms with E-state index in [1.807, 2.05) is 0 Å². The largest absolute Gasteiger partial charge is 0.383 e. The molecule has 1 aliphatic heterocycles. The van der Waals surface area contributed by atoms with E-state index in [2.05, 4.69) is 34.8 Å². The molecule has 2 heterocycles. The number of hydrogen-bond donors (Lipinski definition) is 1. The van der Waals surface area contributed by atoms with Gasteiger partial charge < -0.3 is 5.73 Å². The fourth-order valence-corrected chi connectivity index (χ4v) is 4.13. The molecule has 1 aromatic heterocycles. The number of hydrogen-bond acceptors (Lipinski definition) is 4. The summed E-state index contributed by atoms with van der Waals surface area (Å²) in [5.41, 5.74) is 5.90. The van der Waals surface area contributed by atoms with E-state index in [0.29, 0.717) is 17.6 Å². The van der Waals surface area contributed by atoms with Crippen molar-refractivity contribution < 1.29 is 8.42 Å². The number of piperidine rings is 1. The summed E-state index contributed by atoms with van der Waals surface area (Å²) < 4.78 is 27.2. The van der Waals surface area contributed by atoms with Gasteiger partial charge in [0.2, 0.25) is 10.0 Å². The predicted octanol–water partition coefficient (Wildman–Crippen LogP) is 2.24. The van der Waals surface area contributed by atoms with Crippen molar-refractivity contribution in [1.82, 2.24) is 9.29 Å². The summed E-state index contributed by atoms with van der Waals surface area (Å²) in [5.74, 6) is 0.0491. The second kappa shape index (κ2) is 5.03. The van der Waals surface area contributed by atoms with Crippen LogP contribution >= 0.6 is 15.9 Å². The van der Waals surface area contributed by atoms with E-state index < -0.39 is 10.0 Å². The second-order valence-electron chi connectivity index (χ2n) is 5.61. The Labute approximate surface area is 122 Å². The summed E-state index contributed by atoms with van der Waals surface area (Å²) in [7, 11) is -3.55. The van der Waals surface area contributed by atoms with Crippen LogP contribution in [-0.4, -0.2) is 30.8 Å². The van der Waals surface area contributed by atoms with Gasteiger partial charge in [0, 0.05) is 23.8 Å². The third kappa shape index (κ3) is 3.09. The molecule has 1 saturated heterocycles. The van der Waals surface area contributed by atoms with E-state index in [9.17, 15) is 8.42 Å². The van der Waals surface area contributed by atoms with Gasteiger partial charge in [0.15, 0.2) is 0 Å². The van der Waals surface area contributed by atoms with Crippen LogP contribution in [0.2, 0.25) is 0 Å². The maximum atomic E-state index is 12.6. The zero-order valence-corrected chi connectivity index (χ0v) is 13.5. The molecule has 0 bridgehead atoms. The number of pyridine rings is 1. The number of aromatic nitrogens is 1. The van der Waals surface area contributed by atoms with Crippen LogP contribution in [0.5, 0.6) is 0 Å². The second-order valence-corrected chi connectivity index (χ2v) is 8.43. The Balaban J connectivity index is 2.31. The summed E-state index contributed by atoms with van der Waals surface area (Å²) in [6, 6.07) is 1.51. The zero-order chi connectivity index (χ0) is 14.3. The first-order chi connectivity index (χ1) is 8.72. The SMILES string of the molecule is CC1(C)CCN(S(=O)(=O)c2cc(Br)cnc2N)CC1. The smallest absolute Gasteiger partial charge is 0.246 e. The van der Waals surface area contributed by atoms with Crippen LogP contribution in [0.1, 0.15) is 26.7 Å². The van der Waals surface area contributed by atoms with Crippen molar-refractivity contribution in [2.24, 2.45) is 5.41 Å². The van der Waals surface area contributed by atoms with Crippen LogP contribution in [0.4, 0.5) is 5.82 Å². The minimum Gasteiger partial charge on any atom is -0.383 e. The van der Waals surface area contributed by atoms with Crippen molar-refractivity contribution in [3.63, 3.8) is 0 Å². The topological polar surface area (TPSA) is 76.3 Å². The molecule has 0 spiro atoms. The molecule has 1 aromatic rings. The highest BCUT2D eigenvalue weighted by molar-refractivity contribution is 9.10. The standard InChI is InChI=1S/C12H18BrN3O2S/c1-12(2)3-5-16(6-4-12)19(17,18)10-7-9(13)8-15-11(10)14/h7-8H,3-6H2,1-2H3,(H2,14,15). The molecule has 0 unspecified atom stereocenters. The van der Waals surface area contributed by atoms with Gasteiger partial charge in [-0.1, -0.05) is 13.8 Å². The van der Waals surface area contributed by atoms with E-state index in [1.165, 1.54) is 16.6 Å². The monoisotopic (exact) mass is 347 g/mol. The molecule has 0 aromatic carbocycles. The highest BCUT2D eigenvalue weighted by atomic mass is 79.9. The maximum Gasteiger partial charge on any atom is 0.246 e. The Hall–Kier alpha value is -0.660. The maximum absolute atomic E-state index is 12.6. The Morgan fingerprint density at radius 3 is 2.53 bits per heavy atom. The van der Waals surface area contributed by atoms with Crippen molar-refractivity contribution in [3.05, 3.63) is 16.7 Å². The van der Waals surface area contributed by atoms with Crippen molar-refractivity contribution in [3.8, 4) is 0 Å². The van der Waals surface area contributed by atoms with Crippen LogP contribution in [0.15, 0.2) is 21.6 Å². The van der Waals surface area contributed by atoms with E-state index in [0.717, 1.165) is 12.8 Å². The lowest BCUT2D eigenvalue weighted by Crippen LogP contribution is -2.41. The molecule has 0 aliphatic carbocycles. The zero-order valence-electron chi connectivity index (χ0n) is 11.1. The lowest BCUT2D eigenvalue weighted by Gasteiger charge is -2.36. The van der Waals surface area contributed by atoms with Crippen LogP contribution in [0.3, 0.4) is 0 Å². The van der Waals surface area contributed by atoms with E-state index >= 15 is 0 Å². The average Bonchev–Trinajstić information content (AvgIpc) is 2.31. The van der Waals surface area contributed by atoms with Crippen molar-refractivity contribution in [2.75, 3.05) is 18.8 Å². The number of halogens is 1. The molecule has 7 heteroatoms. The Kier molecular flexibility index (Phi) is 3.90. The van der Waals surface area contributed by atoms with E-state index in [-0.39, 0.29) is 16.1 Å². The quantitative estimate of drug-likeness (QED) is 0.889. The number of nitrogen functional groups attached to an aromatic ring is 1. The summed E-state index contributed by atoms with van der Waals surface area (Å²) in [4.78, 5) is 3.98. The summed E-state index contributed by atoms with van der Waals surface area (Å²) >= 11 is 3.23. The molecule has 5 nitrogen and oxygen atoms in total. The highest BCUT2D eigenvalue weighted by Gasteiger charge is 2.34. The molecule has 0 atom stereocenters. The first-order valence-electron chi connectivity index (χ1n) is 6.14. The van der Waals surface area contributed by atoms with Gasteiger partial charge in [0.1, 0.15) is 10.7 Å². The fraction of sp³-hybridized carbons (Fsp3) is 0.583. The van der Waals surface area contributed by atoms with E-state index in [1.54, 1.807) is 0 Å². The third-order valence-corrected chi connectivity index (χ3v) is 5.90. The predicted molar refractivity (Wildman–Crippen MR) is 78.1 cm³/mol. The summed E-state index contributed by atoms with van der Waals surface area (Å²) in [5, 5.41) is 0. The van der Waals surface area contributed by atoms with E-state index in [4.69, 9.17) is 5.73 Å².